The zero-order valence-electron chi connectivity index (χ0n) is 17.2. The van der Waals surface area contributed by atoms with Crippen molar-refractivity contribution in [2.24, 2.45) is 0 Å². The molecule has 1 unspecified atom stereocenters. The molecule has 27 heavy (non-hydrogen) atoms. The van der Waals surface area contributed by atoms with Crippen LogP contribution in [0.15, 0.2) is 24.3 Å². The number of hydrogen-bond acceptors (Lipinski definition) is 4. The van der Waals surface area contributed by atoms with Gasteiger partial charge in [-0.25, -0.2) is 4.79 Å². The largest absolute Gasteiger partial charge is 0.497 e. The van der Waals surface area contributed by atoms with E-state index in [-0.39, 0.29) is 12.1 Å². The number of nitrogens with one attached hydrogen (secondary N) is 2. The molecule has 1 aromatic carbocycles. The van der Waals surface area contributed by atoms with Crippen molar-refractivity contribution < 1.29 is 9.53 Å². The van der Waals surface area contributed by atoms with Crippen LogP contribution in [-0.2, 0) is 0 Å². The van der Waals surface area contributed by atoms with E-state index < -0.39 is 0 Å². The molecule has 1 saturated heterocycles. The number of carbonyl (C=O) groups excluding carboxylic acids is 1. The predicted molar refractivity (Wildman–Crippen MR) is 110 cm³/mol. The number of methoxy groups -OCH3 is 1. The average Bonchev–Trinajstić information content (AvgIpc) is 2.94. The highest BCUT2D eigenvalue weighted by molar-refractivity contribution is 5.73. The number of ether oxygens (including phenoxy) is 1. The molecule has 0 aliphatic carbocycles. The maximum atomic E-state index is 12.1. The number of hydrogen-bond donors (Lipinski definition) is 2. The number of benzene rings is 1. The number of amides is 2. The van der Waals surface area contributed by atoms with Gasteiger partial charge in [-0.2, -0.15) is 0 Å². The summed E-state index contributed by atoms with van der Waals surface area (Å²) in [5.74, 6) is 0.839. The van der Waals surface area contributed by atoms with Crippen LogP contribution in [0.25, 0.3) is 0 Å². The maximum Gasteiger partial charge on any atom is 0.314 e. The van der Waals surface area contributed by atoms with Gasteiger partial charge in [0.25, 0.3) is 0 Å². The number of nitrogens with zero attached hydrogens (tertiary/aromatic N) is 2. The minimum absolute atomic E-state index is 0.0915. The van der Waals surface area contributed by atoms with Crippen molar-refractivity contribution in [3.05, 3.63) is 29.8 Å². The van der Waals surface area contributed by atoms with Gasteiger partial charge in [0.15, 0.2) is 0 Å². The van der Waals surface area contributed by atoms with Gasteiger partial charge in [-0.05, 0) is 70.7 Å². The molecular formula is C21H36N4O2. The molecule has 2 N–H and O–H groups in total. The van der Waals surface area contributed by atoms with Crippen LogP contribution < -0.4 is 15.4 Å². The van der Waals surface area contributed by atoms with E-state index >= 15 is 0 Å². The van der Waals surface area contributed by atoms with E-state index in [9.17, 15) is 4.79 Å². The summed E-state index contributed by atoms with van der Waals surface area (Å²) in [6.07, 6.45) is 6.34. The Balaban J connectivity index is 1.68. The molecule has 1 aliphatic heterocycles. The summed E-state index contributed by atoms with van der Waals surface area (Å²) in [4.78, 5) is 16.8. The van der Waals surface area contributed by atoms with E-state index in [0.717, 1.165) is 30.8 Å². The quantitative estimate of drug-likeness (QED) is 0.651. The second-order valence-electron chi connectivity index (χ2n) is 7.50. The Morgan fingerprint density at radius 3 is 2.37 bits per heavy atom. The Morgan fingerprint density at radius 2 is 1.78 bits per heavy atom. The Hall–Kier alpha value is -1.79. The van der Waals surface area contributed by atoms with Gasteiger partial charge in [0.05, 0.1) is 13.2 Å². The molecule has 6 heteroatoms. The first-order valence-corrected chi connectivity index (χ1v) is 10.1. The van der Waals surface area contributed by atoms with Gasteiger partial charge in [0.1, 0.15) is 5.75 Å². The zero-order valence-corrected chi connectivity index (χ0v) is 17.2. The summed E-state index contributed by atoms with van der Waals surface area (Å²) in [6.45, 7) is 4.78. The van der Waals surface area contributed by atoms with E-state index in [2.05, 4.69) is 20.4 Å². The topological polar surface area (TPSA) is 56.8 Å². The van der Waals surface area contributed by atoms with E-state index in [1.165, 1.54) is 38.8 Å². The Labute approximate surface area is 164 Å². The van der Waals surface area contributed by atoms with Crippen molar-refractivity contribution >= 4 is 6.03 Å². The smallest absolute Gasteiger partial charge is 0.314 e. The zero-order chi connectivity index (χ0) is 19.5. The lowest BCUT2D eigenvalue weighted by Gasteiger charge is -2.25. The van der Waals surface area contributed by atoms with Gasteiger partial charge in [-0.3, -0.25) is 0 Å². The molecule has 0 saturated carbocycles. The lowest BCUT2D eigenvalue weighted by Crippen LogP contribution is -2.41. The molecule has 2 rings (SSSR count). The number of likely N-dealkylation sites (N-methyl/N-ethyl adjacent to an activating group) is 1. The van der Waals surface area contributed by atoms with Gasteiger partial charge in [-0.1, -0.05) is 25.0 Å². The van der Waals surface area contributed by atoms with Crippen molar-refractivity contribution in [1.82, 2.24) is 20.4 Å². The van der Waals surface area contributed by atoms with Crippen LogP contribution in [-0.4, -0.2) is 69.8 Å². The second-order valence-corrected chi connectivity index (χ2v) is 7.50. The van der Waals surface area contributed by atoms with E-state index in [4.69, 9.17) is 4.74 Å². The Bertz CT molecular complexity index is 540. The van der Waals surface area contributed by atoms with Crippen molar-refractivity contribution in [2.45, 2.75) is 38.1 Å². The molecule has 1 aliphatic rings. The van der Waals surface area contributed by atoms with Crippen LogP contribution >= 0.6 is 0 Å². The highest BCUT2D eigenvalue weighted by Crippen LogP contribution is 2.20. The molecule has 0 bridgehead atoms. The maximum absolute atomic E-state index is 12.1. The Morgan fingerprint density at radius 1 is 1.11 bits per heavy atom. The fourth-order valence-corrected chi connectivity index (χ4v) is 3.54. The van der Waals surface area contributed by atoms with Crippen LogP contribution in [0.3, 0.4) is 0 Å². The summed E-state index contributed by atoms with van der Waals surface area (Å²) in [7, 11) is 5.71. The van der Waals surface area contributed by atoms with Gasteiger partial charge in [0.2, 0.25) is 0 Å². The predicted octanol–water partition coefficient (Wildman–Crippen LogP) is 2.86. The summed E-state index contributed by atoms with van der Waals surface area (Å²) in [5, 5.41) is 5.99. The molecular weight excluding hydrogens is 340 g/mol. The monoisotopic (exact) mass is 376 g/mol. The summed E-state index contributed by atoms with van der Waals surface area (Å²) < 4.78 is 5.22. The molecule has 0 aromatic heterocycles. The highest BCUT2D eigenvalue weighted by atomic mass is 16.5. The van der Waals surface area contributed by atoms with E-state index in [1.54, 1.807) is 7.11 Å². The third-order valence-electron chi connectivity index (χ3n) is 5.22. The van der Waals surface area contributed by atoms with Crippen LogP contribution in [0.5, 0.6) is 5.75 Å². The molecule has 1 aromatic rings. The van der Waals surface area contributed by atoms with Crippen LogP contribution in [0, 0.1) is 0 Å². The van der Waals surface area contributed by atoms with Gasteiger partial charge in [-0.15, -0.1) is 0 Å². The molecule has 152 valence electrons. The normalized spacial score (nSPS) is 16.6. The molecule has 2 amide bonds. The van der Waals surface area contributed by atoms with Crippen molar-refractivity contribution in [1.29, 1.82) is 0 Å². The van der Waals surface area contributed by atoms with Gasteiger partial charge in [0, 0.05) is 13.1 Å². The average molecular weight is 377 g/mol. The fraction of sp³-hybridized carbons (Fsp3) is 0.667. The Kier molecular flexibility index (Phi) is 9.42. The summed E-state index contributed by atoms with van der Waals surface area (Å²) in [6, 6.07) is 8.03. The van der Waals surface area contributed by atoms with Crippen molar-refractivity contribution in [3.63, 3.8) is 0 Å². The molecule has 1 fully saturated rings. The number of likely N-dealkylation sites (tertiary alicyclic amines) is 1. The van der Waals surface area contributed by atoms with Crippen LogP contribution in [0.1, 0.15) is 43.7 Å². The summed E-state index contributed by atoms with van der Waals surface area (Å²) >= 11 is 0. The van der Waals surface area contributed by atoms with Gasteiger partial charge >= 0.3 is 6.03 Å². The molecule has 0 spiro atoms. The van der Waals surface area contributed by atoms with E-state index in [0.29, 0.717) is 6.54 Å². The van der Waals surface area contributed by atoms with Crippen molar-refractivity contribution in [2.75, 3.05) is 53.9 Å². The first-order valence-electron chi connectivity index (χ1n) is 10.1. The van der Waals surface area contributed by atoms with Gasteiger partial charge < -0.3 is 25.2 Å². The standard InChI is InChI=1S/C21H36N4O2/c1-24(2)20(18-9-11-19(27-3)12-10-18)17-23-21(26)22-13-8-16-25-14-6-4-5-7-15-25/h9-12,20H,4-8,13-17H2,1-3H3,(H2,22,23,26). The number of carbonyl (C=O) groups is 1. The van der Waals surface area contributed by atoms with E-state index in [1.807, 2.05) is 38.4 Å². The lowest BCUT2D eigenvalue weighted by molar-refractivity contribution is 0.231. The number of urea groups is 1. The van der Waals surface area contributed by atoms with Crippen molar-refractivity contribution in [3.8, 4) is 5.75 Å². The molecule has 1 heterocycles. The molecule has 0 radical (unpaired) electrons. The molecule has 6 nitrogen and oxygen atoms in total. The minimum Gasteiger partial charge on any atom is -0.497 e. The first kappa shape index (κ1) is 21.5. The first-order chi connectivity index (χ1) is 13.1. The second kappa shape index (κ2) is 11.8. The number of rotatable bonds is 9. The third kappa shape index (κ3) is 7.77. The van der Waals surface area contributed by atoms with Crippen LogP contribution in [0.2, 0.25) is 0 Å². The summed E-state index contributed by atoms with van der Waals surface area (Å²) in [5.41, 5.74) is 1.15. The minimum atomic E-state index is -0.0915. The fourth-order valence-electron chi connectivity index (χ4n) is 3.54. The third-order valence-corrected chi connectivity index (χ3v) is 5.22. The lowest BCUT2D eigenvalue weighted by atomic mass is 10.1. The SMILES string of the molecule is COc1ccc(C(CNC(=O)NCCCN2CCCCCC2)N(C)C)cc1. The van der Waals surface area contributed by atoms with Crippen LogP contribution in [0.4, 0.5) is 4.79 Å². The highest BCUT2D eigenvalue weighted by Gasteiger charge is 2.15. The molecule has 1 atom stereocenters.